The van der Waals surface area contributed by atoms with Crippen molar-refractivity contribution >= 4 is 10.0 Å². The lowest BCUT2D eigenvalue weighted by Gasteiger charge is -2.15. The van der Waals surface area contributed by atoms with Crippen molar-refractivity contribution in [2.75, 3.05) is 6.54 Å². The molecule has 0 aromatic carbocycles. The molecule has 114 valence electrons. The number of hydrogen-bond acceptors (Lipinski definition) is 3. The second-order valence-corrected chi connectivity index (χ2v) is 7.16. The summed E-state index contributed by atoms with van der Waals surface area (Å²) >= 11 is 0. The van der Waals surface area contributed by atoms with Crippen LogP contribution in [0.25, 0.3) is 0 Å². The molecule has 20 heavy (non-hydrogen) atoms. The Hall–Kier alpha value is -0.850. The summed E-state index contributed by atoms with van der Waals surface area (Å²) < 4.78 is 27.5. The number of hydrogen-bond donors (Lipinski definition) is 3. The van der Waals surface area contributed by atoms with Gasteiger partial charge in [-0.3, -0.25) is 0 Å². The third-order valence-electron chi connectivity index (χ3n) is 3.77. The number of aromatic amines is 1. The second-order valence-electron chi connectivity index (χ2n) is 5.45. The van der Waals surface area contributed by atoms with Crippen LogP contribution in [0.3, 0.4) is 0 Å². The predicted molar refractivity (Wildman–Crippen MR) is 80.0 cm³/mol. The zero-order valence-electron chi connectivity index (χ0n) is 12.1. The molecule has 0 amide bonds. The summed E-state index contributed by atoms with van der Waals surface area (Å²) in [6.45, 7) is 3.55. The maximum absolute atomic E-state index is 12.3. The Morgan fingerprint density at radius 3 is 2.60 bits per heavy atom. The molecule has 2 rings (SSSR count). The van der Waals surface area contributed by atoms with E-state index in [9.17, 15) is 8.42 Å². The number of nitrogens with one attached hydrogen (secondary N) is 3. The van der Waals surface area contributed by atoms with Crippen LogP contribution in [0.15, 0.2) is 17.2 Å². The van der Waals surface area contributed by atoms with Gasteiger partial charge in [-0.1, -0.05) is 32.6 Å². The van der Waals surface area contributed by atoms with E-state index in [2.05, 4.69) is 15.0 Å². The van der Waals surface area contributed by atoms with E-state index in [1.54, 1.807) is 12.3 Å². The fourth-order valence-electron chi connectivity index (χ4n) is 2.62. The zero-order valence-corrected chi connectivity index (χ0v) is 12.9. The lowest BCUT2D eigenvalue weighted by atomic mass is 10.1. The number of H-pyrrole nitrogens is 1. The molecule has 1 aliphatic rings. The predicted octanol–water partition coefficient (Wildman–Crippen LogP) is 2.13. The molecule has 0 bridgehead atoms. The summed E-state index contributed by atoms with van der Waals surface area (Å²) in [5.41, 5.74) is 0.896. The minimum atomic E-state index is -3.39. The number of rotatable bonds is 6. The molecule has 0 spiro atoms. The molecule has 1 aromatic rings. The highest BCUT2D eigenvalue weighted by Gasteiger charge is 2.22. The van der Waals surface area contributed by atoms with Crippen molar-refractivity contribution < 1.29 is 8.42 Å². The first-order chi connectivity index (χ1) is 9.62. The number of sulfonamides is 1. The van der Waals surface area contributed by atoms with Gasteiger partial charge in [0, 0.05) is 24.5 Å². The molecule has 0 saturated heterocycles. The van der Waals surface area contributed by atoms with E-state index >= 15 is 0 Å². The molecule has 0 aliphatic heterocycles. The van der Waals surface area contributed by atoms with Gasteiger partial charge in [0.2, 0.25) is 10.0 Å². The summed E-state index contributed by atoms with van der Waals surface area (Å²) in [6, 6.07) is 1.80. The van der Waals surface area contributed by atoms with Gasteiger partial charge in [-0.05, 0) is 25.5 Å². The van der Waals surface area contributed by atoms with E-state index in [0.29, 0.717) is 11.4 Å². The standard InChI is InChI=1S/C14H25N3O2S/c1-2-15-10-13-9-14(11-16-13)20(18,19)17-12-7-5-3-4-6-8-12/h9,11-12,15-17H,2-8,10H2,1H3. The van der Waals surface area contributed by atoms with Crippen LogP contribution in [0.1, 0.15) is 51.1 Å². The maximum atomic E-state index is 12.3. The molecule has 0 unspecified atom stereocenters. The first-order valence-corrected chi connectivity index (χ1v) is 9.00. The zero-order chi connectivity index (χ0) is 14.4. The minimum absolute atomic E-state index is 0.0922. The van der Waals surface area contributed by atoms with Crippen LogP contribution in [0.2, 0.25) is 0 Å². The largest absolute Gasteiger partial charge is 0.363 e. The summed E-state index contributed by atoms with van der Waals surface area (Å²) in [6.07, 6.45) is 8.15. The van der Waals surface area contributed by atoms with Gasteiger partial charge in [-0.2, -0.15) is 0 Å². The minimum Gasteiger partial charge on any atom is -0.363 e. The van der Waals surface area contributed by atoms with Crippen molar-refractivity contribution in [2.24, 2.45) is 0 Å². The summed E-state index contributed by atoms with van der Waals surface area (Å²) in [4.78, 5) is 3.36. The van der Waals surface area contributed by atoms with E-state index in [4.69, 9.17) is 0 Å². The van der Waals surface area contributed by atoms with Gasteiger partial charge < -0.3 is 10.3 Å². The van der Waals surface area contributed by atoms with Crippen LogP contribution in [0.4, 0.5) is 0 Å². The second kappa shape index (κ2) is 7.24. The molecule has 1 saturated carbocycles. The first-order valence-electron chi connectivity index (χ1n) is 7.52. The first kappa shape index (κ1) is 15.5. The lowest BCUT2D eigenvalue weighted by molar-refractivity contribution is 0.510. The molecule has 3 N–H and O–H groups in total. The van der Waals surface area contributed by atoms with Crippen molar-refractivity contribution in [1.82, 2.24) is 15.0 Å². The van der Waals surface area contributed by atoms with E-state index in [0.717, 1.165) is 37.9 Å². The van der Waals surface area contributed by atoms with E-state index < -0.39 is 10.0 Å². The molecule has 1 aliphatic carbocycles. The van der Waals surface area contributed by atoms with Gasteiger partial charge in [0.25, 0.3) is 0 Å². The van der Waals surface area contributed by atoms with Crippen molar-refractivity contribution in [1.29, 1.82) is 0 Å². The Morgan fingerprint density at radius 2 is 1.95 bits per heavy atom. The Kier molecular flexibility index (Phi) is 5.63. The fraction of sp³-hybridized carbons (Fsp3) is 0.714. The molecule has 1 fully saturated rings. The summed E-state index contributed by atoms with van der Waals surface area (Å²) in [5.74, 6) is 0. The van der Waals surface area contributed by atoms with Crippen molar-refractivity contribution in [3.8, 4) is 0 Å². The third kappa shape index (κ3) is 4.33. The Bertz CT molecular complexity index is 502. The van der Waals surface area contributed by atoms with Gasteiger partial charge in [-0.25, -0.2) is 13.1 Å². The molecule has 0 atom stereocenters. The molecule has 0 radical (unpaired) electrons. The van der Waals surface area contributed by atoms with Crippen molar-refractivity contribution in [3.05, 3.63) is 18.0 Å². The Labute approximate surface area is 121 Å². The molecule has 1 heterocycles. The smallest absolute Gasteiger partial charge is 0.242 e. The van der Waals surface area contributed by atoms with Crippen LogP contribution >= 0.6 is 0 Å². The van der Waals surface area contributed by atoms with Gasteiger partial charge in [-0.15, -0.1) is 0 Å². The molecular weight excluding hydrogens is 274 g/mol. The van der Waals surface area contributed by atoms with Crippen LogP contribution in [0.5, 0.6) is 0 Å². The highest BCUT2D eigenvalue weighted by molar-refractivity contribution is 7.89. The Balaban J connectivity index is 1.99. The molecular formula is C14H25N3O2S. The highest BCUT2D eigenvalue weighted by Crippen LogP contribution is 2.19. The SMILES string of the molecule is CCNCc1cc(S(=O)(=O)NC2CCCCCC2)c[nH]1. The van der Waals surface area contributed by atoms with Crippen LogP contribution in [-0.4, -0.2) is 26.0 Å². The van der Waals surface area contributed by atoms with Gasteiger partial charge >= 0.3 is 0 Å². The van der Waals surface area contributed by atoms with E-state index in [-0.39, 0.29) is 6.04 Å². The van der Waals surface area contributed by atoms with Gasteiger partial charge in [0.05, 0.1) is 4.90 Å². The molecule has 6 heteroatoms. The van der Waals surface area contributed by atoms with E-state index in [1.165, 1.54) is 12.8 Å². The lowest BCUT2D eigenvalue weighted by Crippen LogP contribution is -2.34. The normalized spacial score (nSPS) is 18.1. The van der Waals surface area contributed by atoms with Gasteiger partial charge in [0.1, 0.15) is 0 Å². The van der Waals surface area contributed by atoms with Crippen LogP contribution < -0.4 is 10.0 Å². The van der Waals surface area contributed by atoms with Crippen LogP contribution in [-0.2, 0) is 16.6 Å². The average molecular weight is 299 g/mol. The fourth-order valence-corrected chi connectivity index (χ4v) is 3.94. The van der Waals surface area contributed by atoms with Crippen molar-refractivity contribution in [2.45, 2.75) is 62.9 Å². The average Bonchev–Trinajstić information content (AvgIpc) is 2.76. The molecule has 1 aromatic heterocycles. The Morgan fingerprint density at radius 1 is 1.25 bits per heavy atom. The van der Waals surface area contributed by atoms with Crippen LogP contribution in [0, 0.1) is 0 Å². The molecule has 5 nitrogen and oxygen atoms in total. The summed E-state index contributed by atoms with van der Waals surface area (Å²) in [7, 11) is -3.39. The van der Waals surface area contributed by atoms with E-state index in [1.807, 2.05) is 6.92 Å². The topological polar surface area (TPSA) is 74.0 Å². The van der Waals surface area contributed by atoms with Crippen molar-refractivity contribution in [3.63, 3.8) is 0 Å². The monoisotopic (exact) mass is 299 g/mol. The highest BCUT2D eigenvalue weighted by atomic mass is 32.2. The maximum Gasteiger partial charge on any atom is 0.242 e. The summed E-state index contributed by atoms with van der Waals surface area (Å²) in [5, 5.41) is 3.17. The quantitative estimate of drug-likeness (QED) is 0.704. The third-order valence-corrected chi connectivity index (χ3v) is 5.27. The number of aromatic nitrogens is 1. The van der Waals surface area contributed by atoms with Gasteiger partial charge in [0.15, 0.2) is 0 Å².